The highest BCUT2D eigenvalue weighted by atomic mass is 19.3. The minimum atomic E-state index is -2.63. The third-order valence-electron chi connectivity index (χ3n) is 3.87. The van der Waals surface area contributed by atoms with Crippen molar-refractivity contribution in [1.29, 1.82) is 0 Å². The van der Waals surface area contributed by atoms with Crippen molar-refractivity contribution in [3.8, 4) is 0 Å². The van der Waals surface area contributed by atoms with Crippen LogP contribution >= 0.6 is 0 Å². The van der Waals surface area contributed by atoms with Gasteiger partial charge in [-0.1, -0.05) is 42.7 Å². The van der Waals surface area contributed by atoms with E-state index in [-0.39, 0.29) is 0 Å². The molecule has 1 aromatic rings. The highest BCUT2D eigenvalue weighted by Crippen LogP contribution is 2.51. The van der Waals surface area contributed by atoms with Gasteiger partial charge in [0.1, 0.15) is 0 Å². The van der Waals surface area contributed by atoms with Crippen molar-refractivity contribution in [3.63, 3.8) is 0 Å². The molecule has 1 aromatic carbocycles. The van der Waals surface area contributed by atoms with Gasteiger partial charge in [-0.3, -0.25) is 0 Å². The van der Waals surface area contributed by atoms with E-state index in [0.29, 0.717) is 12.8 Å². The first-order valence-electron chi connectivity index (χ1n) is 5.91. The maximum atomic E-state index is 13.9. The molecule has 0 bridgehead atoms. The van der Waals surface area contributed by atoms with Crippen molar-refractivity contribution in [1.82, 2.24) is 0 Å². The molecule has 1 fully saturated rings. The number of aryl methyl sites for hydroxylation is 1. The summed E-state index contributed by atoms with van der Waals surface area (Å²) in [4.78, 5) is 0. The van der Waals surface area contributed by atoms with Crippen LogP contribution in [0.3, 0.4) is 0 Å². The van der Waals surface area contributed by atoms with E-state index in [9.17, 15) is 8.78 Å². The Bertz CT molecular complexity index is 371. The lowest BCUT2D eigenvalue weighted by atomic mass is 9.73. The van der Waals surface area contributed by atoms with Crippen LogP contribution in [0.1, 0.15) is 43.7 Å². The molecule has 1 aliphatic carbocycles. The molecular formula is C14H18F2. The number of hydrogen-bond acceptors (Lipinski definition) is 0. The van der Waals surface area contributed by atoms with E-state index in [1.165, 1.54) is 0 Å². The van der Waals surface area contributed by atoms with Gasteiger partial charge in [-0.15, -0.1) is 0 Å². The number of benzene rings is 1. The van der Waals surface area contributed by atoms with Crippen LogP contribution in [0.4, 0.5) is 8.78 Å². The monoisotopic (exact) mass is 224 g/mol. The van der Waals surface area contributed by atoms with Crippen molar-refractivity contribution >= 4 is 0 Å². The van der Waals surface area contributed by atoms with Gasteiger partial charge in [0.25, 0.3) is 5.92 Å². The molecule has 88 valence electrons. The highest BCUT2D eigenvalue weighted by Gasteiger charge is 2.52. The summed E-state index contributed by atoms with van der Waals surface area (Å²) in [7, 11) is 0. The van der Waals surface area contributed by atoms with Crippen LogP contribution in [0.15, 0.2) is 24.3 Å². The molecule has 0 heterocycles. The maximum Gasteiger partial charge on any atom is 0.254 e. The Hall–Kier alpha value is -0.920. The van der Waals surface area contributed by atoms with E-state index in [2.05, 4.69) is 0 Å². The van der Waals surface area contributed by atoms with Crippen LogP contribution in [0.2, 0.25) is 0 Å². The highest BCUT2D eigenvalue weighted by molar-refractivity contribution is 5.33. The van der Waals surface area contributed by atoms with E-state index < -0.39 is 11.3 Å². The normalized spacial score (nSPS) is 20.0. The molecule has 0 amide bonds. The summed E-state index contributed by atoms with van der Waals surface area (Å²) in [5.41, 5.74) is 0.962. The maximum absolute atomic E-state index is 13.9. The summed E-state index contributed by atoms with van der Waals surface area (Å²) in [6.07, 6.45) is 3.05. The molecule has 0 aromatic heterocycles. The van der Waals surface area contributed by atoms with Crippen LogP contribution in [0, 0.1) is 6.92 Å². The molecule has 2 rings (SSSR count). The Morgan fingerprint density at radius 1 is 1.19 bits per heavy atom. The quantitative estimate of drug-likeness (QED) is 0.695. The number of halogens is 2. The average molecular weight is 224 g/mol. The molecule has 0 unspecified atom stereocenters. The fourth-order valence-electron chi connectivity index (χ4n) is 2.90. The third-order valence-corrected chi connectivity index (χ3v) is 3.87. The second-order valence-electron chi connectivity index (χ2n) is 5.05. The fourth-order valence-corrected chi connectivity index (χ4v) is 2.90. The van der Waals surface area contributed by atoms with E-state index >= 15 is 0 Å². The molecule has 1 aliphatic rings. The van der Waals surface area contributed by atoms with Crippen molar-refractivity contribution in [2.75, 3.05) is 0 Å². The van der Waals surface area contributed by atoms with Gasteiger partial charge in [0.15, 0.2) is 0 Å². The first-order chi connectivity index (χ1) is 7.46. The zero-order valence-electron chi connectivity index (χ0n) is 9.89. The minimum Gasteiger partial charge on any atom is -0.206 e. The first-order valence-corrected chi connectivity index (χ1v) is 5.91. The van der Waals surface area contributed by atoms with Crippen LogP contribution in [0.25, 0.3) is 0 Å². The Kier molecular flexibility index (Phi) is 2.77. The van der Waals surface area contributed by atoms with Gasteiger partial charge >= 0.3 is 0 Å². The largest absolute Gasteiger partial charge is 0.254 e. The topological polar surface area (TPSA) is 0 Å². The van der Waals surface area contributed by atoms with Gasteiger partial charge in [-0.05, 0) is 25.3 Å². The van der Waals surface area contributed by atoms with Crippen LogP contribution in [0.5, 0.6) is 0 Å². The molecule has 2 heteroatoms. The summed E-state index contributed by atoms with van der Waals surface area (Å²) >= 11 is 0. The first kappa shape index (κ1) is 11.6. The summed E-state index contributed by atoms with van der Waals surface area (Å²) in [6, 6.07) is 7.62. The van der Waals surface area contributed by atoms with E-state index in [1.54, 1.807) is 0 Å². The molecule has 0 saturated heterocycles. The molecule has 0 radical (unpaired) electrons. The molecule has 0 atom stereocenters. The van der Waals surface area contributed by atoms with Gasteiger partial charge in [-0.2, -0.15) is 0 Å². The van der Waals surface area contributed by atoms with Crippen molar-refractivity contribution in [3.05, 3.63) is 35.4 Å². The lowest BCUT2D eigenvalue weighted by Crippen LogP contribution is -2.40. The molecule has 0 aliphatic heterocycles. The molecular weight excluding hydrogens is 206 g/mol. The van der Waals surface area contributed by atoms with Crippen LogP contribution in [-0.2, 0) is 5.41 Å². The second-order valence-corrected chi connectivity index (χ2v) is 5.05. The van der Waals surface area contributed by atoms with Gasteiger partial charge < -0.3 is 0 Å². The van der Waals surface area contributed by atoms with Crippen molar-refractivity contribution < 1.29 is 8.78 Å². The molecule has 0 spiro atoms. The zero-order valence-corrected chi connectivity index (χ0v) is 9.89. The Balaban J connectivity index is 2.48. The molecule has 0 nitrogen and oxygen atoms in total. The van der Waals surface area contributed by atoms with Crippen LogP contribution in [-0.4, -0.2) is 5.92 Å². The summed E-state index contributed by atoms with van der Waals surface area (Å²) in [6.45, 7) is 3.03. The molecule has 16 heavy (non-hydrogen) atoms. The van der Waals surface area contributed by atoms with Gasteiger partial charge in [0.05, 0.1) is 5.41 Å². The average Bonchev–Trinajstić information content (AvgIpc) is 2.66. The second kappa shape index (κ2) is 3.83. The lowest BCUT2D eigenvalue weighted by molar-refractivity contribution is -0.0600. The Morgan fingerprint density at radius 3 is 2.31 bits per heavy atom. The van der Waals surface area contributed by atoms with E-state index in [1.807, 2.05) is 31.2 Å². The van der Waals surface area contributed by atoms with Crippen molar-refractivity contribution in [2.24, 2.45) is 0 Å². The van der Waals surface area contributed by atoms with Gasteiger partial charge in [0, 0.05) is 6.92 Å². The number of alkyl halides is 2. The summed E-state index contributed by atoms with van der Waals surface area (Å²) < 4.78 is 27.8. The number of rotatable bonds is 2. The lowest BCUT2D eigenvalue weighted by Gasteiger charge is -2.35. The Morgan fingerprint density at radius 2 is 1.81 bits per heavy atom. The predicted octanol–water partition coefficient (Wildman–Crippen LogP) is 4.46. The van der Waals surface area contributed by atoms with Gasteiger partial charge in [0.2, 0.25) is 0 Å². The van der Waals surface area contributed by atoms with E-state index in [4.69, 9.17) is 0 Å². The Labute approximate surface area is 95.7 Å². The molecule has 1 saturated carbocycles. The van der Waals surface area contributed by atoms with Crippen molar-refractivity contribution in [2.45, 2.75) is 50.9 Å². The standard InChI is InChI=1S/C14H18F2/c1-11-6-5-7-12(10-11)14(13(2,15)16)8-3-4-9-14/h5-7,10H,3-4,8-9H2,1-2H3. The summed E-state index contributed by atoms with van der Waals surface area (Å²) in [5, 5.41) is 0. The fraction of sp³-hybridized carbons (Fsp3) is 0.571. The van der Waals surface area contributed by atoms with Gasteiger partial charge in [-0.25, -0.2) is 8.78 Å². The van der Waals surface area contributed by atoms with E-state index in [0.717, 1.165) is 30.9 Å². The SMILES string of the molecule is Cc1cccc(C2(C(C)(F)F)CCCC2)c1. The summed E-state index contributed by atoms with van der Waals surface area (Å²) in [5.74, 6) is -2.63. The van der Waals surface area contributed by atoms with Crippen LogP contribution < -0.4 is 0 Å². The predicted molar refractivity (Wildman–Crippen MR) is 61.9 cm³/mol. The number of hydrogen-bond donors (Lipinski definition) is 0. The third kappa shape index (κ3) is 1.74. The minimum absolute atomic E-state index is 0.611. The zero-order chi connectivity index (χ0) is 11.8. The smallest absolute Gasteiger partial charge is 0.206 e. The molecule has 0 N–H and O–H groups in total.